The van der Waals surface area contributed by atoms with Crippen molar-refractivity contribution in [1.82, 2.24) is 31.5 Å². The summed E-state index contributed by atoms with van der Waals surface area (Å²) in [5.41, 5.74) is 5.94. The highest BCUT2D eigenvalue weighted by atomic mass is 32.2. The lowest BCUT2D eigenvalue weighted by Crippen LogP contribution is -2.45. The first kappa shape index (κ1) is 76.6. The molecule has 0 spiro atoms. The van der Waals surface area contributed by atoms with E-state index in [1.165, 1.54) is 4.90 Å². The molecule has 6 rings (SSSR count). The van der Waals surface area contributed by atoms with Gasteiger partial charge in [0.1, 0.15) is 5.60 Å². The lowest BCUT2D eigenvalue weighted by Gasteiger charge is -2.37. The molecule has 90 heavy (non-hydrogen) atoms. The van der Waals surface area contributed by atoms with Gasteiger partial charge in [0.25, 0.3) is 0 Å². The number of hydrogen-bond acceptors (Lipinski definition) is 13. The summed E-state index contributed by atoms with van der Waals surface area (Å²) in [5, 5.41) is 15.8. The number of thiol groups is 2. The van der Waals surface area contributed by atoms with Crippen molar-refractivity contribution in [3.8, 4) is 0 Å². The lowest BCUT2D eigenvalue weighted by atomic mass is 9.84. The minimum atomic E-state index is -0.701. The van der Waals surface area contributed by atoms with E-state index in [2.05, 4.69) is 211 Å². The number of ether oxygens (including phenoxy) is 1. The Morgan fingerprint density at radius 1 is 0.522 bits per heavy atom. The van der Waals surface area contributed by atoms with Crippen LogP contribution in [0.25, 0.3) is 0 Å². The fourth-order valence-corrected chi connectivity index (χ4v) is 13.9. The average molecular weight is 1300 g/mol. The van der Waals surface area contributed by atoms with Crippen molar-refractivity contribution >= 4 is 78.3 Å². The Morgan fingerprint density at radius 2 is 0.878 bits per heavy atom. The van der Waals surface area contributed by atoms with E-state index in [4.69, 9.17) is 6.11 Å². The molecule has 0 fully saturated rings. The molecule has 12 nitrogen and oxygen atoms in total. The summed E-state index contributed by atoms with van der Waals surface area (Å²) in [5.74, 6) is 0.227. The number of benzene rings is 6. The number of nitrogens with one attached hydrogen (secondary N) is 5. The van der Waals surface area contributed by atoms with Crippen molar-refractivity contribution in [2.75, 3.05) is 76.4 Å². The van der Waals surface area contributed by atoms with Crippen molar-refractivity contribution in [2.24, 2.45) is 11.8 Å². The number of likely N-dealkylation sites (N-methyl/N-ethyl adjacent to an activating group) is 2. The van der Waals surface area contributed by atoms with Crippen LogP contribution in [0.1, 0.15) is 129 Å². The van der Waals surface area contributed by atoms with Gasteiger partial charge in [-0.3, -0.25) is 19.2 Å². The second kappa shape index (κ2) is 43.1. The molecule has 0 radical (unpaired) electrons. The van der Waals surface area contributed by atoms with Gasteiger partial charge in [-0.1, -0.05) is 230 Å². The van der Waals surface area contributed by atoms with Crippen LogP contribution in [-0.2, 0) is 33.4 Å². The minimum Gasteiger partial charge on any atom is -0.444 e. The van der Waals surface area contributed by atoms with Crippen LogP contribution in [0, 0.1) is 11.8 Å². The summed E-state index contributed by atoms with van der Waals surface area (Å²) in [6.07, 6.45) is 3.63. The zero-order valence-corrected chi connectivity index (χ0v) is 57.2. The highest BCUT2D eigenvalue weighted by Gasteiger charge is 2.41. The minimum absolute atomic E-state index is 0. The monoisotopic (exact) mass is 1300 g/mol. The van der Waals surface area contributed by atoms with E-state index in [1.807, 2.05) is 64.2 Å². The number of Topliss-reactive ketones (excluding diaryl/α,β-unsaturated/α-hetero) is 2. The van der Waals surface area contributed by atoms with Gasteiger partial charge in [-0.05, 0) is 80.6 Å². The lowest BCUT2D eigenvalue weighted by molar-refractivity contribution is -0.129. The fourth-order valence-electron chi connectivity index (χ4n) is 10.0. The van der Waals surface area contributed by atoms with E-state index in [1.54, 1.807) is 37.5 Å². The molecule has 0 aliphatic carbocycles. The fraction of sp³-hybridized carbons (Fsp3) is 0.446. The molecule has 5 N–H and O–H groups in total. The number of thioether (sulfide) groups is 2. The van der Waals surface area contributed by atoms with Crippen LogP contribution < -0.4 is 26.6 Å². The van der Waals surface area contributed by atoms with Gasteiger partial charge in [0, 0.05) is 77.0 Å². The predicted octanol–water partition coefficient (Wildman–Crippen LogP) is 13.9. The summed E-state index contributed by atoms with van der Waals surface area (Å²) in [6.45, 7) is 15.2. The topological polar surface area (TPSA) is 158 Å². The summed E-state index contributed by atoms with van der Waals surface area (Å²) >= 11 is 11.8. The summed E-state index contributed by atoms with van der Waals surface area (Å²) < 4.78 is 10.5. The highest BCUT2D eigenvalue weighted by Crippen LogP contribution is 2.50. The Morgan fingerprint density at radius 3 is 1.26 bits per heavy atom. The third-order valence-corrected chi connectivity index (χ3v) is 19.0. The molecule has 6 aromatic carbocycles. The van der Waals surface area contributed by atoms with Gasteiger partial charge < -0.3 is 36.2 Å². The van der Waals surface area contributed by atoms with Crippen LogP contribution in [0.5, 0.6) is 0 Å². The number of unbranched alkanes of at least 4 members (excludes halogenated alkanes) is 2. The quantitative estimate of drug-likeness (QED) is 0.0114. The van der Waals surface area contributed by atoms with E-state index >= 15 is 4.79 Å². The highest BCUT2D eigenvalue weighted by molar-refractivity contribution is 8.01. The van der Waals surface area contributed by atoms with E-state index < -0.39 is 33.1 Å². The van der Waals surface area contributed by atoms with Gasteiger partial charge in [-0.15, -0.1) is 23.5 Å². The second-order valence-electron chi connectivity index (χ2n) is 22.6. The van der Waals surface area contributed by atoms with Crippen molar-refractivity contribution < 1.29 is 30.1 Å². The molecule has 3 amide bonds. The molecule has 0 saturated heterocycles. The Hall–Kier alpha value is -5.85. The van der Waals surface area contributed by atoms with Crippen LogP contribution in [0.3, 0.4) is 0 Å². The first-order valence-corrected chi connectivity index (χ1v) is 34.5. The number of carbonyl (C=O) groups excluding carboxylic acids is 5. The maximum absolute atomic E-state index is 15.2. The van der Waals surface area contributed by atoms with Crippen molar-refractivity contribution in [1.29, 1.82) is 0 Å². The molecule has 0 aliphatic rings. The van der Waals surface area contributed by atoms with Crippen molar-refractivity contribution in [2.45, 2.75) is 122 Å². The second-order valence-corrected chi connectivity index (χ2v) is 25.8. The summed E-state index contributed by atoms with van der Waals surface area (Å²) in [4.78, 5) is 68.4. The number of amides is 3. The van der Waals surface area contributed by atoms with Gasteiger partial charge in [0.15, 0.2) is 11.6 Å². The molecule has 0 bridgehead atoms. The molecule has 0 heterocycles. The molecule has 6 aromatic rings. The standard InChI is InChI=1S/C57H65N3O4S2.C14H29N3O2S2.C2H6.CH4/c1-6-7-38-58-51(43-66-57(48-32-20-11-21-33-48,49-34-22-12-23-35-49)50-36-24-13-25-37-50)52(61)41-44(53(62)59-39-40-60(5)54(63)64-55(2,3)4)42-65-56(45-26-14-8-15-27-45,46-28-16-9-17-29-46)47-30-18-10-19-31-47;1-3-4-5-17-14(19)11(9-20)8-13(18)12(10-21)16-7-6-15-2;1-2;/h8-37,44,51,58H,6-7,38-43H2,1-5H3,(H,59,62);11-12,15-16,20-21H,3-10H2,1-2H3,(H,17,19);1-2H3;1H4/t44-,51-;11-,12-;;/m00../s1/i;;1D;. The normalized spacial score (nSPS) is 12.8. The van der Waals surface area contributed by atoms with Crippen LogP contribution >= 0.6 is 48.8 Å². The Kier molecular flexibility index (Phi) is 36.7. The van der Waals surface area contributed by atoms with Gasteiger partial charge in [-0.25, -0.2) is 4.79 Å². The van der Waals surface area contributed by atoms with Crippen LogP contribution in [0.2, 0.25) is 0 Å². The number of nitrogens with zero attached hydrogens (tertiary/aromatic N) is 1. The molecule has 0 saturated carbocycles. The van der Waals surface area contributed by atoms with Crippen molar-refractivity contribution in [3.05, 3.63) is 215 Å². The number of carbonyl (C=O) groups is 5. The van der Waals surface area contributed by atoms with E-state index in [0.29, 0.717) is 49.5 Å². The smallest absolute Gasteiger partial charge is 0.410 e. The molecule has 4 atom stereocenters. The zero-order valence-electron chi connectivity index (χ0n) is 54.8. The number of rotatable bonds is 36. The van der Waals surface area contributed by atoms with Crippen LogP contribution in [-0.4, -0.2) is 128 Å². The molecule has 0 unspecified atom stereocenters. The average Bonchev–Trinajstić information content (AvgIpc) is 0.783. The first-order valence-electron chi connectivity index (χ1n) is 32.0. The van der Waals surface area contributed by atoms with E-state index in [-0.39, 0.29) is 68.7 Å². The van der Waals surface area contributed by atoms with Crippen LogP contribution in [0.15, 0.2) is 182 Å². The molecule has 490 valence electrons. The van der Waals surface area contributed by atoms with E-state index in [9.17, 15) is 19.2 Å². The van der Waals surface area contributed by atoms with Crippen molar-refractivity contribution in [3.63, 3.8) is 0 Å². The summed E-state index contributed by atoms with van der Waals surface area (Å²) in [7, 11) is 3.52. The summed E-state index contributed by atoms with van der Waals surface area (Å²) in [6, 6.07) is 61.9. The van der Waals surface area contributed by atoms with E-state index in [0.717, 1.165) is 65.6 Å². The third-order valence-electron chi connectivity index (χ3n) is 14.8. The molecule has 0 aromatic heterocycles. The van der Waals surface area contributed by atoms with Gasteiger partial charge in [0.2, 0.25) is 11.8 Å². The maximum Gasteiger partial charge on any atom is 0.410 e. The Bertz CT molecular complexity index is 2760. The molecule has 0 aliphatic heterocycles. The Balaban J connectivity index is 0.000000732. The predicted molar refractivity (Wildman–Crippen MR) is 388 cm³/mol. The maximum atomic E-state index is 15.2. The SMILES string of the molecule is C.CCCCNC(=O)[C@H](CS)CC(=O)[C@H](CS)NCCNC.CCCCN[C@@H](CSC(c1ccccc1)(c1ccccc1)c1ccccc1)C(=O)C[C@@H](CSC(c1ccccc1)(c1ccccc1)c1ccccc1)C(=O)NCCN(C)C(=O)OC(C)(C)C.[2H]CC. The zero-order chi connectivity index (χ0) is 65.6. The third kappa shape index (κ3) is 24.6. The van der Waals surface area contributed by atoms with Gasteiger partial charge >= 0.3 is 6.09 Å². The molecule has 16 heteroatoms. The van der Waals surface area contributed by atoms with Crippen LogP contribution in [0.4, 0.5) is 4.79 Å². The van der Waals surface area contributed by atoms with Gasteiger partial charge in [0.05, 0.1) is 33.4 Å². The largest absolute Gasteiger partial charge is 0.444 e. The molecular formula is C74H104N6O6S4. The van der Waals surface area contributed by atoms with Gasteiger partial charge in [-0.2, -0.15) is 25.3 Å². The number of hydrogen-bond donors (Lipinski definition) is 7. The number of ketones is 2. The molecular weight excluding hydrogens is 1200 g/mol. The first-order chi connectivity index (χ1) is 43.5. The Labute approximate surface area is 561 Å².